The molecule has 0 atom stereocenters. The van der Waals surface area contributed by atoms with Crippen molar-refractivity contribution >= 4 is 21.9 Å². The van der Waals surface area contributed by atoms with E-state index in [0.717, 1.165) is 17.5 Å². The maximum Gasteiger partial charge on any atom is 0.329 e. The third-order valence-electron chi connectivity index (χ3n) is 5.92. The van der Waals surface area contributed by atoms with Gasteiger partial charge in [0.15, 0.2) is 0 Å². The van der Waals surface area contributed by atoms with Crippen molar-refractivity contribution < 1.29 is 23.1 Å². The van der Waals surface area contributed by atoms with Gasteiger partial charge in [0.05, 0.1) is 4.90 Å². The van der Waals surface area contributed by atoms with E-state index < -0.39 is 21.5 Å². The molecular weight excluding hydrogens is 368 g/mol. The number of carboxylic acids is 1. The molecule has 1 amide bonds. The van der Waals surface area contributed by atoms with E-state index in [1.165, 1.54) is 4.31 Å². The fourth-order valence-corrected chi connectivity index (χ4v) is 5.20. The zero-order chi connectivity index (χ0) is 19.8. The van der Waals surface area contributed by atoms with Crippen LogP contribution in [0.1, 0.15) is 43.2 Å². The lowest BCUT2D eigenvalue weighted by atomic mass is 9.76. The standard InChI is InChI=1S/C19H26N2O5S/c1-13-4-5-16(12-14(13)2)27(25,26)21-10-6-15(7-11-21)17(22)20-19(18(23)24)8-3-9-19/h4-5,12,15H,3,6-11H2,1-2H3,(H,20,22)(H,23,24). The number of hydrogen-bond donors (Lipinski definition) is 2. The van der Waals surface area contributed by atoms with E-state index in [9.17, 15) is 23.1 Å². The number of nitrogens with zero attached hydrogens (tertiary/aromatic N) is 1. The van der Waals surface area contributed by atoms with Gasteiger partial charge in [-0.1, -0.05) is 6.07 Å². The van der Waals surface area contributed by atoms with E-state index in [4.69, 9.17) is 0 Å². The average Bonchev–Trinajstić information content (AvgIpc) is 2.60. The fraction of sp³-hybridized carbons (Fsp3) is 0.579. The van der Waals surface area contributed by atoms with Crippen molar-refractivity contribution in [1.82, 2.24) is 9.62 Å². The maximum absolute atomic E-state index is 12.8. The summed E-state index contributed by atoms with van der Waals surface area (Å²) in [6.07, 6.45) is 2.48. The van der Waals surface area contributed by atoms with Crippen LogP contribution in [0.3, 0.4) is 0 Å². The number of aryl methyl sites for hydroxylation is 2. The normalized spacial score (nSPS) is 20.7. The summed E-state index contributed by atoms with van der Waals surface area (Å²) in [5, 5.41) is 12.0. The van der Waals surface area contributed by atoms with Gasteiger partial charge >= 0.3 is 5.97 Å². The number of sulfonamides is 1. The minimum atomic E-state index is -3.58. The zero-order valence-corrected chi connectivity index (χ0v) is 16.5. The Morgan fingerprint density at radius 3 is 2.26 bits per heavy atom. The molecule has 0 aromatic heterocycles. The first-order valence-corrected chi connectivity index (χ1v) is 10.7. The van der Waals surface area contributed by atoms with Crippen LogP contribution in [0.4, 0.5) is 0 Å². The summed E-state index contributed by atoms with van der Waals surface area (Å²) in [7, 11) is -3.58. The van der Waals surface area contributed by atoms with Crippen LogP contribution in [0.2, 0.25) is 0 Å². The minimum Gasteiger partial charge on any atom is -0.480 e. The molecule has 1 aliphatic carbocycles. The predicted octanol–water partition coefficient (Wildman–Crippen LogP) is 1.83. The lowest BCUT2D eigenvalue weighted by Gasteiger charge is -2.40. The maximum atomic E-state index is 12.8. The first-order chi connectivity index (χ1) is 12.7. The third kappa shape index (κ3) is 3.73. The topological polar surface area (TPSA) is 104 Å². The van der Waals surface area contributed by atoms with Crippen molar-refractivity contribution in [3.8, 4) is 0 Å². The second-order valence-electron chi connectivity index (χ2n) is 7.65. The van der Waals surface area contributed by atoms with Crippen molar-refractivity contribution in [3.63, 3.8) is 0 Å². The summed E-state index contributed by atoms with van der Waals surface area (Å²) in [6, 6.07) is 5.09. The molecule has 0 spiro atoms. The quantitative estimate of drug-likeness (QED) is 0.793. The van der Waals surface area contributed by atoms with Gasteiger partial charge < -0.3 is 10.4 Å². The third-order valence-corrected chi connectivity index (χ3v) is 7.81. The van der Waals surface area contributed by atoms with E-state index in [1.54, 1.807) is 18.2 Å². The molecule has 1 saturated carbocycles. The van der Waals surface area contributed by atoms with Crippen molar-refractivity contribution in [2.24, 2.45) is 5.92 Å². The first kappa shape index (κ1) is 19.8. The molecule has 0 radical (unpaired) electrons. The molecule has 2 N–H and O–H groups in total. The summed E-state index contributed by atoms with van der Waals surface area (Å²) >= 11 is 0. The largest absolute Gasteiger partial charge is 0.480 e. The number of piperidine rings is 1. The van der Waals surface area contributed by atoms with Crippen LogP contribution in [0.5, 0.6) is 0 Å². The number of nitrogens with one attached hydrogen (secondary N) is 1. The highest BCUT2D eigenvalue weighted by molar-refractivity contribution is 7.89. The second-order valence-corrected chi connectivity index (χ2v) is 9.59. The molecule has 1 aliphatic heterocycles. The van der Waals surface area contributed by atoms with Gasteiger partial charge in [-0.05, 0) is 69.2 Å². The van der Waals surface area contributed by atoms with Crippen LogP contribution in [0.15, 0.2) is 23.1 Å². The number of rotatable bonds is 5. The van der Waals surface area contributed by atoms with Crippen molar-refractivity contribution in [1.29, 1.82) is 0 Å². The average molecular weight is 394 g/mol. The Bertz CT molecular complexity index is 853. The number of carboxylic acid groups (broad SMARTS) is 1. The van der Waals surface area contributed by atoms with Crippen LogP contribution >= 0.6 is 0 Å². The molecule has 1 saturated heterocycles. The highest BCUT2D eigenvalue weighted by atomic mass is 32.2. The fourth-order valence-electron chi connectivity index (χ4n) is 3.64. The lowest BCUT2D eigenvalue weighted by molar-refractivity contribution is -0.152. The summed E-state index contributed by atoms with van der Waals surface area (Å²) in [5.74, 6) is -1.62. The highest BCUT2D eigenvalue weighted by Gasteiger charge is 2.46. The van der Waals surface area contributed by atoms with E-state index in [2.05, 4.69) is 5.32 Å². The molecule has 1 aromatic rings. The Kier molecular flexibility index (Phi) is 5.31. The summed E-state index contributed by atoms with van der Waals surface area (Å²) in [4.78, 5) is 24.2. The predicted molar refractivity (Wildman–Crippen MR) is 99.8 cm³/mol. The summed E-state index contributed by atoms with van der Waals surface area (Å²) < 4.78 is 27.1. The van der Waals surface area contributed by atoms with Gasteiger partial charge in [0.2, 0.25) is 15.9 Å². The Labute approximate surface area is 159 Å². The summed E-state index contributed by atoms with van der Waals surface area (Å²) in [5.41, 5.74) is 0.831. The molecule has 0 unspecified atom stereocenters. The number of carbonyl (C=O) groups is 2. The van der Waals surface area contributed by atoms with Crippen LogP contribution < -0.4 is 5.32 Å². The first-order valence-electron chi connectivity index (χ1n) is 9.28. The van der Waals surface area contributed by atoms with E-state index in [1.807, 2.05) is 13.8 Å². The Morgan fingerprint density at radius 2 is 1.78 bits per heavy atom. The monoisotopic (exact) mass is 394 g/mol. The summed E-state index contributed by atoms with van der Waals surface area (Å²) in [6.45, 7) is 4.33. The molecule has 8 heteroatoms. The molecule has 3 rings (SSSR count). The van der Waals surface area contributed by atoms with Crippen molar-refractivity contribution in [2.45, 2.75) is 56.4 Å². The number of amides is 1. The van der Waals surface area contributed by atoms with Gasteiger partial charge in [-0.2, -0.15) is 4.31 Å². The van der Waals surface area contributed by atoms with E-state index in [0.29, 0.717) is 25.7 Å². The molecular formula is C19H26N2O5S. The molecule has 0 bridgehead atoms. The molecule has 7 nitrogen and oxygen atoms in total. The zero-order valence-electron chi connectivity index (χ0n) is 15.7. The lowest BCUT2D eigenvalue weighted by Crippen LogP contribution is -2.60. The number of carbonyl (C=O) groups excluding carboxylic acids is 1. The minimum absolute atomic E-state index is 0.257. The van der Waals surface area contributed by atoms with Crippen LogP contribution in [0, 0.1) is 19.8 Å². The molecule has 2 fully saturated rings. The van der Waals surface area contributed by atoms with Crippen LogP contribution in [0.25, 0.3) is 0 Å². The van der Waals surface area contributed by atoms with Gasteiger partial charge in [-0.3, -0.25) is 4.79 Å². The van der Waals surface area contributed by atoms with Gasteiger partial charge in [0, 0.05) is 19.0 Å². The number of benzene rings is 1. The van der Waals surface area contributed by atoms with Gasteiger partial charge in [-0.15, -0.1) is 0 Å². The number of hydrogen-bond acceptors (Lipinski definition) is 4. The van der Waals surface area contributed by atoms with Gasteiger partial charge in [-0.25, -0.2) is 13.2 Å². The smallest absolute Gasteiger partial charge is 0.329 e. The number of aliphatic carboxylic acids is 1. The van der Waals surface area contributed by atoms with Gasteiger partial charge in [0.1, 0.15) is 5.54 Å². The van der Waals surface area contributed by atoms with Crippen molar-refractivity contribution in [3.05, 3.63) is 29.3 Å². The van der Waals surface area contributed by atoms with E-state index >= 15 is 0 Å². The van der Waals surface area contributed by atoms with Crippen LogP contribution in [-0.4, -0.2) is 48.3 Å². The molecule has 27 heavy (non-hydrogen) atoms. The van der Waals surface area contributed by atoms with Crippen molar-refractivity contribution in [2.75, 3.05) is 13.1 Å². The SMILES string of the molecule is Cc1ccc(S(=O)(=O)N2CCC(C(=O)NC3(C(=O)O)CCC3)CC2)cc1C. The molecule has 1 heterocycles. The molecule has 1 aromatic carbocycles. The Morgan fingerprint density at radius 1 is 1.15 bits per heavy atom. The van der Waals surface area contributed by atoms with Crippen LogP contribution in [-0.2, 0) is 19.6 Å². The van der Waals surface area contributed by atoms with E-state index in [-0.39, 0.29) is 29.8 Å². The van der Waals surface area contributed by atoms with Gasteiger partial charge in [0.25, 0.3) is 0 Å². The molecule has 2 aliphatic rings. The molecule has 148 valence electrons. The second kappa shape index (κ2) is 7.24. The Hall–Kier alpha value is -1.93. The highest BCUT2D eigenvalue weighted by Crippen LogP contribution is 2.33. The Balaban J connectivity index is 1.63.